The first-order valence-corrected chi connectivity index (χ1v) is 5.94. The molecule has 1 atom stereocenters. The molecule has 0 aliphatic carbocycles. The molecule has 1 aliphatic heterocycles. The van der Waals surface area contributed by atoms with Gasteiger partial charge < -0.3 is 14.4 Å². The summed E-state index contributed by atoms with van der Waals surface area (Å²) >= 11 is 0. The Bertz CT molecular complexity index is 361. The highest BCUT2D eigenvalue weighted by Gasteiger charge is 2.21. The summed E-state index contributed by atoms with van der Waals surface area (Å²) in [6.45, 7) is 6.31. The number of ether oxygens (including phenoxy) is 2. The van der Waals surface area contributed by atoms with Crippen molar-refractivity contribution in [3.05, 3.63) is 36.9 Å². The molecule has 1 aromatic rings. The smallest absolute Gasteiger partial charge is 0.119 e. The van der Waals surface area contributed by atoms with Crippen molar-refractivity contribution in [2.24, 2.45) is 0 Å². The standard InChI is InChI=1S/C14H19NO2/c1-3-4-13-11-17-10-9-15(13)12-5-7-14(16-2)8-6-12/h3,5-8,13H,1,4,9-11H2,2H3. The van der Waals surface area contributed by atoms with Gasteiger partial charge in [-0.1, -0.05) is 6.08 Å². The summed E-state index contributed by atoms with van der Waals surface area (Å²) < 4.78 is 10.7. The minimum atomic E-state index is 0.398. The molecular weight excluding hydrogens is 214 g/mol. The van der Waals surface area contributed by atoms with E-state index in [1.165, 1.54) is 5.69 Å². The zero-order valence-electron chi connectivity index (χ0n) is 10.3. The van der Waals surface area contributed by atoms with Gasteiger partial charge in [0.1, 0.15) is 5.75 Å². The highest BCUT2D eigenvalue weighted by atomic mass is 16.5. The molecule has 1 heterocycles. The van der Waals surface area contributed by atoms with Gasteiger partial charge in [-0.3, -0.25) is 0 Å². The van der Waals surface area contributed by atoms with Crippen LogP contribution in [0.1, 0.15) is 6.42 Å². The van der Waals surface area contributed by atoms with E-state index in [9.17, 15) is 0 Å². The third-order valence-corrected chi connectivity index (χ3v) is 3.07. The van der Waals surface area contributed by atoms with Crippen LogP contribution in [0, 0.1) is 0 Å². The summed E-state index contributed by atoms with van der Waals surface area (Å²) in [7, 11) is 1.68. The number of hydrogen-bond acceptors (Lipinski definition) is 3. The molecule has 0 bridgehead atoms. The van der Waals surface area contributed by atoms with Crippen LogP contribution in [0.3, 0.4) is 0 Å². The molecule has 0 spiro atoms. The highest BCUT2D eigenvalue weighted by molar-refractivity contribution is 5.50. The average molecular weight is 233 g/mol. The van der Waals surface area contributed by atoms with Gasteiger partial charge in [0.2, 0.25) is 0 Å². The molecule has 92 valence electrons. The first-order valence-electron chi connectivity index (χ1n) is 5.94. The zero-order chi connectivity index (χ0) is 12.1. The van der Waals surface area contributed by atoms with Crippen LogP contribution >= 0.6 is 0 Å². The number of benzene rings is 1. The Morgan fingerprint density at radius 1 is 1.47 bits per heavy atom. The van der Waals surface area contributed by atoms with E-state index in [0.717, 1.165) is 31.9 Å². The number of nitrogens with zero attached hydrogens (tertiary/aromatic N) is 1. The Labute approximate surface area is 103 Å². The van der Waals surface area contributed by atoms with Crippen molar-refractivity contribution in [3.63, 3.8) is 0 Å². The van der Waals surface area contributed by atoms with Gasteiger partial charge in [0.25, 0.3) is 0 Å². The summed E-state index contributed by atoms with van der Waals surface area (Å²) in [5.41, 5.74) is 1.22. The SMILES string of the molecule is C=CCC1COCCN1c1ccc(OC)cc1. The minimum Gasteiger partial charge on any atom is -0.497 e. The fraction of sp³-hybridized carbons (Fsp3) is 0.429. The minimum absolute atomic E-state index is 0.398. The topological polar surface area (TPSA) is 21.7 Å². The number of methoxy groups -OCH3 is 1. The Kier molecular flexibility index (Phi) is 4.04. The van der Waals surface area contributed by atoms with Crippen LogP contribution in [-0.2, 0) is 4.74 Å². The first-order chi connectivity index (χ1) is 8.35. The lowest BCUT2D eigenvalue weighted by Gasteiger charge is -2.37. The van der Waals surface area contributed by atoms with Gasteiger partial charge in [-0.25, -0.2) is 0 Å². The molecule has 1 aliphatic rings. The number of anilines is 1. The Hall–Kier alpha value is -1.48. The monoisotopic (exact) mass is 233 g/mol. The van der Waals surface area contributed by atoms with Crippen molar-refractivity contribution in [1.29, 1.82) is 0 Å². The van der Waals surface area contributed by atoms with Gasteiger partial charge in [0.05, 0.1) is 26.4 Å². The third-order valence-electron chi connectivity index (χ3n) is 3.07. The Morgan fingerprint density at radius 2 is 2.24 bits per heavy atom. The summed E-state index contributed by atoms with van der Waals surface area (Å²) in [6, 6.07) is 8.58. The van der Waals surface area contributed by atoms with E-state index in [1.807, 2.05) is 18.2 Å². The second kappa shape index (κ2) is 5.73. The predicted octanol–water partition coefficient (Wildman–Crippen LogP) is 2.48. The summed E-state index contributed by atoms with van der Waals surface area (Å²) in [4.78, 5) is 2.38. The van der Waals surface area contributed by atoms with Crippen LogP contribution in [0.4, 0.5) is 5.69 Å². The summed E-state index contributed by atoms with van der Waals surface area (Å²) in [5.74, 6) is 0.891. The molecule has 1 fully saturated rings. The van der Waals surface area contributed by atoms with Crippen LogP contribution in [0.5, 0.6) is 5.75 Å². The number of morpholine rings is 1. The third kappa shape index (κ3) is 2.80. The molecule has 2 rings (SSSR count). The van der Waals surface area contributed by atoms with Crippen molar-refractivity contribution in [2.45, 2.75) is 12.5 Å². The van der Waals surface area contributed by atoms with Crippen LogP contribution in [-0.4, -0.2) is 32.9 Å². The second-order valence-corrected chi connectivity index (χ2v) is 4.14. The van der Waals surface area contributed by atoms with E-state index in [2.05, 4.69) is 23.6 Å². The van der Waals surface area contributed by atoms with Gasteiger partial charge in [0, 0.05) is 12.2 Å². The fourth-order valence-corrected chi connectivity index (χ4v) is 2.16. The molecule has 0 aromatic heterocycles. The molecule has 0 N–H and O–H groups in total. The van der Waals surface area contributed by atoms with Gasteiger partial charge >= 0.3 is 0 Å². The van der Waals surface area contributed by atoms with Crippen molar-refractivity contribution in [1.82, 2.24) is 0 Å². The van der Waals surface area contributed by atoms with Crippen molar-refractivity contribution >= 4 is 5.69 Å². The fourth-order valence-electron chi connectivity index (χ4n) is 2.16. The molecule has 17 heavy (non-hydrogen) atoms. The maximum Gasteiger partial charge on any atom is 0.119 e. The number of hydrogen-bond donors (Lipinski definition) is 0. The van der Waals surface area contributed by atoms with Crippen LogP contribution in [0.15, 0.2) is 36.9 Å². The Morgan fingerprint density at radius 3 is 2.88 bits per heavy atom. The lowest BCUT2D eigenvalue weighted by Crippen LogP contribution is -2.45. The second-order valence-electron chi connectivity index (χ2n) is 4.14. The van der Waals surface area contributed by atoms with Crippen LogP contribution < -0.4 is 9.64 Å². The van der Waals surface area contributed by atoms with E-state index in [4.69, 9.17) is 9.47 Å². The largest absolute Gasteiger partial charge is 0.497 e. The number of rotatable bonds is 4. The molecule has 1 unspecified atom stereocenters. The lowest BCUT2D eigenvalue weighted by atomic mass is 10.1. The summed E-state index contributed by atoms with van der Waals surface area (Å²) in [5, 5.41) is 0. The highest BCUT2D eigenvalue weighted by Crippen LogP contribution is 2.24. The molecular formula is C14H19NO2. The van der Waals surface area contributed by atoms with E-state index in [-0.39, 0.29) is 0 Å². The van der Waals surface area contributed by atoms with E-state index in [1.54, 1.807) is 7.11 Å². The van der Waals surface area contributed by atoms with Crippen LogP contribution in [0.2, 0.25) is 0 Å². The molecule has 0 amide bonds. The molecule has 3 nitrogen and oxygen atoms in total. The maximum atomic E-state index is 5.52. The zero-order valence-corrected chi connectivity index (χ0v) is 10.3. The van der Waals surface area contributed by atoms with E-state index < -0.39 is 0 Å². The van der Waals surface area contributed by atoms with E-state index in [0.29, 0.717) is 6.04 Å². The molecule has 0 saturated carbocycles. The van der Waals surface area contributed by atoms with Crippen molar-refractivity contribution in [3.8, 4) is 5.75 Å². The Balaban J connectivity index is 2.14. The normalized spacial score (nSPS) is 20.1. The predicted molar refractivity (Wildman–Crippen MR) is 69.8 cm³/mol. The molecule has 1 saturated heterocycles. The molecule has 1 aromatic carbocycles. The lowest BCUT2D eigenvalue weighted by molar-refractivity contribution is 0.0948. The van der Waals surface area contributed by atoms with E-state index >= 15 is 0 Å². The molecule has 3 heteroatoms. The maximum absolute atomic E-state index is 5.52. The van der Waals surface area contributed by atoms with Gasteiger partial charge in [-0.2, -0.15) is 0 Å². The van der Waals surface area contributed by atoms with Gasteiger partial charge in [-0.15, -0.1) is 6.58 Å². The first kappa shape index (κ1) is 12.0. The van der Waals surface area contributed by atoms with Crippen LogP contribution in [0.25, 0.3) is 0 Å². The molecule has 0 radical (unpaired) electrons. The summed E-state index contributed by atoms with van der Waals surface area (Å²) in [6.07, 6.45) is 2.90. The van der Waals surface area contributed by atoms with Crippen molar-refractivity contribution in [2.75, 3.05) is 31.8 Å². The average Bonchev–Trinajstić information content (AvgIpc) is 2.40. The van der Waals surface area contributed by atoms with Gasteiger partial charge in [-0.05, 0) is 30.7 Å². The van der Waals surface area contributed by atoms with Crippen molar-refractivity contribution < 1.29 is 9.47 Å². The quantitative estimate of drug-likeness (QED) is 0.746. The van der Waals surface area contributed by atoms with Gasteiger partial charge in [0.15, 0.2) is 0 Å².